The molecule has 0 N–H and O–H groups in total. The molecule has 0 aromatic heterocycles. The van der Waals surface area contributed by atoms with Crippen LogP contribution >= 0.6 is 15.9 Å². The Balaban J connectivity index is 2.49. The number of carbonyl (C=O) groups is 1. The van der Waals surface area contributed by atoms with E-state index in [1.807, 2.05) is 30.3 Å². The minimum atomic E-state index is -0.250. The monoisotopic (exact) mass is 242 g/mol. The highest BCUT2D eigenvalue weighted by Gasteiger charge is 2.07. The van der Waals surface area contributed by atoms with Crippen molar-refractivity contribution < 1.29 is 9.53 Å². The molecular formula is C10H11BrO2. The van der Waals surface area contributed by atoms with Crippen molar-refractivity contribution in [3.8, 4) is 0 Å². The largest absolute Gasteiger partial charge is 0.464 e. The number of hydrogen-bond acceptors (Lipinski definition) is 2. The minimum Gasteiger partial charge on any atom is -0.464 e. The van der Waals surface area contributed by atoms with Crippen LogP contribution in [-0.4, -0.2) is 12.6 Å². The topological polar surface area (TPSA) is 26.3 Å². The van der Waals surface area contributed by atoms with E-state index >= 15 is 0 Å². The van der Waals surface area contributed by atoms with Crippen LogP contribution < -0.4 is 0 Å². The summed E-state index contributed by atoms with van der Waals surface area (Å²) in [5, 5.41) is 0. The Hall–Kier alpha value is -0.830. The van der Waals surface area contributed by atoms with E-state index < -0.39 is 0 Å². The smallest absolute Gasteiger partial charge is 0.302 e. The highest BCUT2D eigenvalue weighted by molar-refractivity contribution is 9.09. The summed E-state index contributed by atoms with van der Waals surface area (Å²) in [5.74, 6) is -0.250. The van der Waals surface area contributed by atoms with Crippen LogP contribution in [-0.2, 0) is 9.53 Å². The first-order valence-corrected chi connectivity index (χ1v) is 4.94. The number of esters is 1. The average Bonchev–Trinajstić information content (AvgIpc) is 2.15. The highest BCUT2D eigenvalue weighted by atomic mass is 79.9. The maximum atomic E-state index is 10.5. The lowest BCUT2D eigenvalue weighted by Crippen LogP contribution is -2.05. The summed E-state index contributed by atoms with van der Waals surface area (Å²) in [6.07, 6.45) is 0. The van der Waals surface area contributed by atoms with Gasteiger partial charge in [0.25, 0.3) is 0 Å². The SMILES string of the molecule is CC(=O)OCC(Br)c1ccccc1. The van der Waals surface area contributed by atoms with Gasteiger partial charge in [-0.25, -0.2) is 0 Å². The van der Waals surface area contributed by atoms with Gasteiger partial charge in [0.05, 0.1) is 4.83 Å². The summed E-state index contributed by atoms with van der Waals surface area (Å²) in [6.45, 7) is 1.78. The molecule has 0 saturated heterocycles. The fraction of sp³-hybridized carbons (Fsp3) is 0.300. The molecule has 0 saturated carbocycles. The van der Waals surface area contributed by atoms with E-state index in [2.05, 4.69) is 15.9 Å². The van der Waals surface area contributed by atoms with Gasteiger partial charge in [0.2, 0.25) is 0 Å². The van der Waals surface area contributed by atoms with Gasteiger partial charge in [-0.3, -0.25) is 4.79 Å². The summed E-state index contributed by atoms with van der Waals surface area (Å²) in [4.78, 5) is 10.6. The summed E-state index contributed by atoms with van der Waals surface area (Å²) in [5.41, 5.74) is 1.11. The van der Waals surface area contributed by atoms with E-state index in [1.54, 1.807) is 0 Å². The van der Waals surface area contributed by atoms with Crippen molar-refractivity contribution in [1.82, 2.24) is 0 Å². The first-order valence-electron chi connectivity index (χ1n) is 4.02. The van der Waals surface area contributed by atoms with Gasteiger partial charge in [-0.2, -0.15) is 0 Å². The van der Waals surface area contributed by atoms with Crippen molar-refractivity contribution in [2.24, 2.45) is 0 Å². The molecule has 1 unspecified atom stereocenters. The highest BCUT2D eigenvalue weighted by Crippen LogP contribution is 2.22. The van der Waals surface area contributed by atoms with E-state index in [9.17, 15) is 4.79 Å². The van der Waals surface area contributed by atoms with Crippen LogP contribution in [0, 0.1) is 0 Å². The second kappa shape index (κ2) is 5.02. The first kappa shape index (κ1) is 10.3. The lowest BCUT2D eigenvalue weighted by Gasteiger charge is -2.09. The normalized spacial score (nSPS) is 12.2. The standard InChI is InChI=1S/C10H11BrO2/c1-8(12)13-7-10(11)9-5-3-2-4-6-9/h2-6,10H,7H2,1H3. The Labute approximate surface area is 86.0 Å². The Morgan fingerprint density at radius 3 is 2.62 bits per heavy atom. The number of benzene rings is 1. The van der Waals surface area contributed by atoms with Crippen molar-refractivity contribution in [3.63, 3.8) is 0 Å². The second-order valence-electron chi connectivity index (χ2n) is 2.68. The molecule has 0 spiro atoms. The lowest BCUT2D eigenvalue weighted by atomic mass is 10.2. The van der Waals surface area contributed by atoms with Crippen LogP contribution in [0.3, 0.4) is 0 Å². The molecule has 0 fully saturated rings. The zero-order valence-electron chi connectivity index (χ0n) is 7.37. The Morgan fingerprint density at radius 2 is 2.08 bits per heavy atom. The summed E-state index contributed by atoms with van der Waals surface area (Å²) in [6, 6.07) is 9.84. The molecule has 0 aliphatic rings. The number of alkyl halides is 1. The number of halogens is 1. The number of carbonyl (C=O) groups excluding carboxylic acids is 1. The Bertz CT molecular complexity index is 272. The molecule has 0 amide bonds. The molecule has 13 heavy (non-hydrogen) atoms. The fourth-order valence-corrected chi connectivity index (χ4v) is 1.39. The van der Waals surface area contributed by atoms with Gasteiger partial charge in [-0.15, -0.1) is 0 Å². The molecule has 0 aliphatic carbocycles. The molecule has 1 aromatic rings. The number of hydrogen-bond donors (Lipinski definition) is 0. The zero-order chi connectivity index (χ0) is 9.68. The van der Waals surface area contributed by atoms with Gasteiger partial charge in [-0.05, 0) is 5.56 Å². The molecule has 1 atom stereocenters. The fourth-order valence-electron chi connectivity index (χ4n) is 0.949. The molecule has 2 nitrogen and oxygen atoms in total. The van der Waals surface area contributed by atoms with Crippen molar-refractivity contribution in [3.05, 3.63) is 35.9 Å². The van der Waals surface area contributed by atoms with Crippen LogP contribution in [0.15, 0.2) is 30.3 Å². The first-order chi connectivity index (χ1) is 6.20. The van der Waals surface area contributed by atoms with Crippen molar-refractivity contribution >= 4 is 21.9 Å². The average molecular weight is 243 g/mol. The molecule has 70 valence electrons. The summed E-state index contributed by atoms with van der Waals surface area (Å²) >= 11 is 3.44. The summed E-state index contributed by atoms with van der Waals surface area (Å²) < 4.78 is 4.87. The van der Waals surface area contributed by atoms with E-state index in [0.717, 1.165) is 5.56 Å². The quantitative estimate of drug-likeness (QED) is 0.602. The van der Waals surface area contributed by atoms with E-state index in [1.165, 1.54) is 6.92 Å². The van der Waals surface area contributed by atoms with Crippen LogP contribution in [0.1, 0.15) is 17.3 Å². The Morgan fingerprint density at radius 1 is 1.46 bits per heavy atom. The van der Waals surface area contributed by atoms with Crippen LogP contribution in [0.25, 0.3) is 0 Å². The third-order valence-corrected chi connectivity index (χ3v) is 2.39. The third kappa shape index (κ3) is 3.59. The van der Waals surface area contributed by atoms with Crippen molar-refractivity contribution in [2.45, 2.75) is 11.8 Å². The molecule has 0 radical (unpaired) electrons. The van der Waals surface area contributed by atoms with Crippen LogP contribution in [0.5, 0.6) is 0 Å². The molecule has 1 aromatic carbocycles. The molecule has 0 bridgehead atoms. The van der Waals surface area contributed by atoms with Gasteiger partial charge >= 0.3 is 5.97 Å². The predicted molar refractivity (Wildman–Crippen MR) is 54.7 cm³/mol. The van der Waals surface area contributed by atoms with Crippen LogP contribution in [0.4, 0.5) is 0 Å². The van der Waals surface area contributed by atoms with E-state index in [-0.39, 0.29) is 10.8 Å². The number of ether oxygens (including phenoxy) is 1. The van der Waals surface area contributed by atoms with Gasteiger partial charge < -0.3 is 4.74 Å². The van der Waals surface area contributed by atoms with Crippen molar-refractivity contribution in [1.29, 1.82) is 0 Å². The summed E-state index contributed by atoms with van der Waals surface area (Å²) in [7, 11) is 0. The number of rotatable bonds is 3. The van der Waals surface area contributed by atoms with E-state index in [0.29, 0.717) is 6.61 Å². The maximum Gasteiger partial charge on any atom is 0.302 e. The second-order valence-corrected chi connectivity index (χ2v) is 3.79. The molecular weight excluding hydrogens is 232 g/mol. The maximum absolute atomic E-state index is 10.5. The molecule has 3 heteroatoms. The third-order valence-electron chi connectivity index (χ3n) is 1.59. The van der Waals surface area contributed by atoms with Gasteiger partial charge in [-0.1, -0.05) is 46.3 Å². The molecule has 1 rings (SSSR count). The molecule has 0 heterocycles. The van der Waals surface area contributed by atoms with E-state index in [4.69, 9.17) is 4.74 Å². The van der Waals surface area contributed by atoms with Crippen LogP contribution in [0.2, 0.25) is 0 Å². The Kier molecular flexibility index (Phi) is 3.96. The van der Waals surface area contributed by atoms with Crippen molar-refractivity contribution in [2.75, 3.05) is 6.61 Å². The molecule has 0 aliphatic heterocycles. The minimum absolute atomic E-state index is 0.0811. The van der Waals surface area contributed by atoms with Gasteiger partial charge in [0.1, 0.15) is 6.61 Å². The predicted octanol–water partition coefficient (Wildman–Crippen LogP) is 2.69. The van der Waals surface area contributed by atoms with Gasteiger partial charge in [0, 0.05) is 6.92 Å². The zero-order valence-corrected chi connectivity index (χ0v) is 8.95. The lowest BCUT2D eigenvalue weighted by molar-refractivity contribution is -0.140. The van der Waals surface area contributed by atoms with Gasteiger partial charge in [0.15, 0.2) is 0 Å².